The maximum atomic E-state index is 12.7. The summed E-state index contributed by atoms with van der Waals surface area (Å²) in [5.41, 5.74) is -0.131. The third kappa shape index (κ3) is 4.34. The van der Waals surface area contributed by atoms with Crippen molar-refractivity contribution < 1.29 is 27.4 Å². The van der Waals surface area contributed by atoms with E-state index in [1.54, 1.807) is 30.7 Å². The lowest BCUT2D eigenvalue weighted by molar-refractivity contribution is -0.176. The number of hydrogen-bond acceptors (Lipinski definition) is 4. The molecule has 1 saturated heterocycles. The molecule has 1 aliphatic heterocycles. The third-order valence-electron chi connectivity index (χ3n) is 4.56. The Balaban J connectivity index is 1.57. The molecule has 1 aliphatic rings. The molecule has 0 N–H and O–H groups in total. The van der Waals surface area contributed by atoms with Crippen LogP contribution in [0.2, 0.25) is 5.02 Å². The molecule has 3 aromatic rings. The van der Waals surface area contributed by atoms with Crippen LogP contribution in [0.3, 0.4) is 0 Å². The monoisotopic (exact) mass is 502 g/mol. The Hall–Kier alpha value is -2.07. The van der Waals surface area contributed by atoms with Crippen molar-refractivity contribution in [2.45, 2.75) is 18.5 Å². The fraction of sp³-hybridized carbons (Fsp3) is 0.250. The van der Waals surface area contributed by atoms with Crippen molar-refractivity contribution in [2.75, 3.05) is 13.2 Å². The highest BCUT2D eigenvalue weighted by Crippen LogP contribution is 2.40. The number of rotatable bonds is 5. The summed E-state index contributed by atoms with van der Waals surface area (Å²) < 4.78 is 58.2. The Labute approximate surface area is 183 Å². The van der Waals surface area contributed by atoms with Crippen LogP contribution in [0, 0.1) is 0 Å². The van der Waals surface area contributed by atoms with Crippen molar-refractivity contribution in [1.82, 2.24) is 9.55 Å². The number of imidazole rings is 1. The van der Waals surface area contributed by atoms with Gasteiger partial charge in [-0.15, -0.1) is 0 Å². The van der Waals surface area contributed by atoms with Gasteiger partial charge >= 0.3 is 6.18 Å². The van der Waals surface area contributed by atoms with Crippen LogP contribution in [0.15, 0.2) is 59.6 Å². The Bertz CT molecular complexity index is 1030. The first kappa shape index (κ1) is 21.2. The third-order valence-corrected chi connectivity index (χ3v) is 5.54. The second-order valence-electron chi connectivity index (χ2n) is 6.56. The van der Waals surface area contributed by atoms with E-state index in [9.17, 15) is 13.2 Å². The average molecular weight is 504 g/mol. The van der Waals surface area contributed by atoms with Crippen LogP contribution >= 0.6 is 27.5 Å². The van der Waals surface area contributed by atoms with Crippen LogP contribution in [0.4, 0.5) is 13.2 Å². The molecule has 0 spiro atoms. The van der Waals surface area contributed by atoms with Gasteiger partial charge in [0.2, 0.25) is 5.79 Å². The van der Waals surface area contributed by atoms with Crippen molar-refractivity contribution >= 4 is 27.5 Å². The molecular formula is C20H15BrClF3N2O3. The largest absolute Gasteiger partial charge is 0.457 e. The molecule has 0 unspecified atom stereocenters. The summed E-state index contributed by atoms with van der Waals surface area (Å²) in [4.78, 5) is 4.07. The van der Waals surface area contributed by atoms with E-state index >= 15 is 0 Å². The van der Waals surface area contributed by atoms with Crippen molar-refractivity contribution in [2.24, 2.45) is 0 Å². The Morgan fingerprint density at radius 3 is 2.33 bits per heavy atom. The quantitative estimate of drug-likeness (QED) is 0.428. The second kappa shape index (κ2) is 8.22. The molecule has 0 radical (unpaired) electrons. The minimum Gasteiger partial charge on any atom is -0.457 e. The van der Waals surface area contributed by atoms with E-state index in [4.69, 9.17) is 25.8 Å². The van der Waals surface area contributed by atoms with Gasteiger partial charge < -0.3 is 18.8 Å². The van der Waals surface area contributed by atoms with E-state index in [0.29, 0.717) is 36.1 Å². The first-order valence-electron chi connectivity index (χ1n) is 8.85. The van der Waals surface area contributed by atoms with E-state index in [-0.39, 0.29) is 5.75 Å². The second-order valence-corrected chi connectivity index (χ2v) is 7.78. The minimum atomic E-state index is -4.40. The average Bonchev–Trinajstić information content (AvgIpc) is 3.32. The highest BCUT2D eigenvalue weighted by Gasteiger charge is 2.41. The van der Waals surface area contributed by atoms with Gasteiger partial charge in [-0.05, 0) is 58.4 Å². The van der Waals surface area contributed by atoms with Crippen LogP contribution in [0.5, 0.6) is 11.5 Å². The fourth-order valence-electron chi connectivity index (χ4n) is 3.15. The van der Waals surface area contributed by atoms with E-state index in [1.165, 1.54) is 12.1 Å². The van der Waals surface area contributed by atoms with Gasteiger partial charge in [0, 0.05) is 5.56 Å². The molecule has 5 nitrogen and oxygen atoms in total. The van der Waals surface area contributed by atoms with Crippen LogP contribution < -0.4 is 4.74 Å². The lowest BCUT2D eigenvalue weighted by Gasteiger charge is -2.29. The zero-order valence-electron chi connectivity index (χ0n) is 15.3. The standard InChI is InChI=1S/C20H15BrClF3N2O3/c21-18-10-26-12-27(18)11-19(28-7-8-29-19)16-6-5-15(9-17(16)22)30-14-3-1-13(2-4-14)20(23,24)25/h1-6,9-10,12H,7-8,11H2. The highest BCUT2D eigenvalue weighted by molar-refractivity contribution is 9.10. The molecule has 0 bridgehead atoms. The summed E-state index contributed by atoms with van der Waals surface area (Å²) in [7, 11) is 0. The van der Waals surface area contributed by atoms with Crippen molar-refractivity contribution in [3.63, 3.8) is 0 Å². The highest BCUT2D eigenvalue weighted by atomic mass is 79.9. The van der Waals surface area contributed by atoms with Gasteiger partial charge in [0.25, 0.3) is 0 Å². The van der Waals surface area contributed by atoms with E-state index in [2.05, 4.69) is 20.9 Å². The summed E-state index contributed by atoms with van der Waals surface area (Å²) in [6, 6.07) is 9.39. The fourth-order valence-corrected chi connectivity index (χ4v) is 3.80. The number of benzene rings is 2. The number of aromatic nitrogens is 2. The molecule has 1 fully saturated rings. The maximum absolute atomic E-state index is 12.7. The van der Waals surface area contributed by atoms with Crippen LogP contribution in [0.25, 0.3) is 0 Å². The van der Waals surface area contributed by atoms with Gasteiger partial charge in [-0.25, -0.2) is 4.98 Å². The molecule has 0 atom stereocenters. The van der Waals surface area contributed by atoms with Crippen LogP contribution in [-0.4, -0.2) is 22.8 Å². The molecule has 4 rings (SSSR count). The maximum Gasteiger partial charge on any atom is 0.416 e. The number of halogens is 5. The molecular weight excluding hydrogens is 489 g/mol. The van der Waals surface area contributed by atoms with Gasteiger partial charge in [-0.1, -0.05) is 11.6 Å². The van der Waals surface area contributed by atoms with Crippen LogP contribution in [0.1, 0.15) is 11.1 Å². The van der Waals surface area contributed by atoms with Crippen LogP contribution in [-0.2, 0) is 28.0 Å². The predicted molar refractivity (Wildman–Crippen MR) is 106 cm³/mol. The molecule has 0 aliphatic carbocycles. The summed E-state index contributed by atoms with van der Waals surface area (Å²) in [5.74, 6) is -0.453. The number of alkyl halides is 3. The Morgan fingerprint density at radius 2 is 1.77 bits per heavy atom. The first-order valence-corrected chi connectivity index (χ1v) is 10.0. The van der Waals surface area contributed by atoms with Gasteiger partial charge in [0.05, 0.1) is 42.9 Å². The summed E-state index contributed by atoms with van der Waals surface area (Å²) in [5, 5.41) is 0.345. The van der Waals surface area contributed by atoms with Crippen molar-refractivity contribution in [3.05, 3.63) is 75.7 Å². The topological polar surface area (TPSA) is 45.5 Å². The molecule has 158 valence electrons. The first-order chi connectivity index (χ1) is 14.3. The summed E-state index contributed by atoms with van der Waals surface area (Å²) >= 11 is 9.93. The smallest absolute Gasteiger partial charge is 0.416 e. The molecule has 0 saturated carbocycles. The zero-order valence-corrected chi connectivity index (χ0v) is 17.7. The Kier molecular flexibility index (Phi) is 5.80. The summed E-state index contributed by atoms with van der Waals surface area (Å²) in [6.07, 6.45) is -1.10. The lowest BCUT2D eigenvalue weighted by atomic mass is 10.1. The SMILES string of the molecule is FC(F)(F)c1ccc(Oc2ccc(C3(Cn4cncc4Br)OCCO3)c(Cl)c2)cc1. The van der Waals surface area contributed by atoms with E-state index in [0.717, 1.165) is 16.7 Å². The number of ether oxygens (including phenoxy) is 3. The minimum absolute atomic E-state index is 0.261. The molecule has 1 aromatic heterocycles. The predicted octanol–water partition coefficient (Wildman–Crippen LogP) is 6.01. The molecule has 2 aromatic carbocycles. The van der Waals surface area contributed by atoms with Gasteiger partial charge in [0.1, 0.15) is 16.1 Å². The van der Waals surface area contributed by atoms with Gasteiger partial charge in [0.15, 0.2) is 0 Å². The number of nitrogens with zero attached hydrogens (tertiary/aromatic N) is 2. The molecule has 0 amide bonds. The normalized spacial score (nSPS) is 16.0. The molecule has 30 heavy (non-hydrogen) atoms. The van der Waals surface area contributed by atoms with Gasteiger partial charge in [-0.3, -0.25) is 0 Å². The Morgan fingerprint density at radius 1 is 1.10 bits per heavy atom. The van der Waals surface area contributed by atoms with Crippen molar-refractivity contribution in [1.29, 1.82) is 0 Å². The molecule has 10 heteroatoms. The van der Waals surface area contributed by atoms with Gasteiger partial charge in [-0.2, -0.15) is 13.2 Å². The zero-order chi connectivity index (χ0) is 21.4. The molecule has 2 heterocycles. The number of hydrogen-bond donors (Lipinski definition) is 0. The lowest BCUT2D eigenvalue weighted by Crippen LogP contribution is -2.33. The summed E-state index contributed by atoms with van der Waals surface area (Å²) in [6.45, 7) is 1.14. The van der Waals surface area contributed by atoms with Crippen molar-refractivity contribution in [3.8, 4) is 11.5 Å². The van der Waals surface area contributed by atoms with E-state index in [1.807, 2.05) is 4.57 Å². The van der Waals surface area contributed by atoms with E-state index < -0.39 is 17.5 Å².